The molecule has 134 valence electrons. The van der Waals surface area contributed by atoms with Gasteiger partial charge >= 0.3 is 0 Å². The Morgan fingerprint density at radius 2 is 0.760 bits per heavy atom. The zero-order valence-corrected chi connectivity index (χ0v) is 19.3. The van der Waals surface area contributed by atoms with Crippen LogP contribution in [0.3, 0.4) is 0 Å². The Morgan fingerprint density at radius 1 is 0.480 bits per heavy atom. The van der Waals surface area contributed by atoms with Gasteiger partial charge in [0.15, 0.2) is 0 Å². The molecule has 13 bridgehead atoms. The van der Waals surface area contributed by atoms with Crippen LogP contribution in [-0.2, 0) is 0 Å². The number of hydrogen-bond donors (Lipinski definition) is 0. The van der Waals surface area contributed by atoms with Gasteiger partial charge in [0, 0.05) is 13.0 Å². The van der Waals surface area contributed by atoms with Crippen LogP contribution in [0.4, 0.5) is 0 Å². The van der Waals surface area contributed by atoms with E-state index in [0.717, 1.165) is 57.7 Å². The predicted molar refractivity (Wildman–Crippen MR) is 108 cm³/mol. The average molecular weight is 529 g/mol. The molecule has 0 radical (unpaired) electrons. The number of hydrogen-bond acceptors (Lipinski definition) is 0. The summed E-state index contributed by atoms with van der Waals surface area (Å²) in [5.41, 5.74) is 2.16. The fourth-order valence-electron chi connectivity index (χ4n) is 14.2. The lowest BCUT2D eigenvalue weighted by atomic mass is 9.11. The van der Waals surface area contributed by atoms with Crippen molar-refractivity contribution in [1.29, 1.82) is 0 Å². The molecule has 3 spiro atoms. The van der Waals surface area contributed by atoms with Gasteiger partial charge < -0.3 is 0 Å². The minimum atomic E-state index is 0.511. The predicted octanol–water partition coefficient (Wildman–Crippen LogP) is 6.29. The highest BCUT2D eigenvalue weighted by Crippen LogP contribution is 2.98. The second-order valence-electron chi connectivity index (χ2n) is 12.8. The minimum absolute atomic E-state index is 0.511. The third-order valence-corrected chi connectivity index (χ3v) is 14.8. The summed E-state index contributed by atoms with van der Waals surface area (Å²) in [6.07, 6.45) is 13.9. The molecule has 0 saturated heterocycles. The zero-order valence-electron chi connectivity index (χ0n) is 14.5. The van der Waals surface area contributed by atoms with Gasteiger partial charge in [-0.05, 0) is 115 Å². The van der Waals surface area contributed by atoms with E-state index in [1.54, 1.807) is 38.5 Å². The fourth-order valence-corrected chi connectivity index (χ4v) is 18.4. The van der Waals surface area contributed by atoms with Gasteiger partial charge in [-0.3, -0.25) is 0 Å². The van der Waals surface area contributed by atoms with E-state index in [-0.39, 0.29) is 0 Å². The standard InChI is InChI=1S/C22H25Br3/c23-17-1-10-13-11-2-18(24)6-20(13,4-17)16-21(5-17)7-19(25)3-12(14(10)21)15(11)22(16,8-18)9-19/h10-16H,1-9H2. The Balaban J connectivity index is 1.46. The first kappa shape index (κ1) is 14.4. The first-order chi connectivity index (χ1) is 11.8. The molecule has 0 unspecified atom stereocenters. The monoisotopic (exact) mass is 526 g/mol. The van der Waals surface area contributed by atoms with Crippen LogP contribution in [0.15, 0.2) is 0 Å². The molecule has 0 nitrogen and oxygen atoms in total. The Kier molecular flexibility index (Phi) is 1.93. The van der Waals surface area contributed by atoms with Crippen LogP contribution in [0.25, 0.3) is 0 Å². The molecule has 13 aliphatic rings. The van der Waals surface area contributed by atoms with Gasteiger partial charge in [0.25, 0.3) is 0 Å². The highest BCUT2D eigenvalue weighted by Gasteiger charge is 2.93. The third kappa shape index (κ3) is 1.11. The van der Waals surface area contributed by atoms with Gasteiger partial charge in [0.05, 0.1) is 0 Å². The van der Waals surface area contributed by atoms with Crippen LogP contribution in [-0.4, -0.2) is 13.0 Å². The first-order valence-electron chi connectivity index (χ1n) is 10.8. The molecule has 0 amide bonds. The molecule has 0 aliphatic heterocycles. The summed E-state index contributed by atoms with van der Waals surface area (Å²) in [5, 5.41) is 0. The van der Waals surface area contributed by atoms with Crippen molar-refractivity contribution in [1.82, 2.24) is 0 Å². The zero-order chi connectivity index (χ0) is 16.4. The summed E-state index contributed by atoms with van der Waals surface area (Å²) >= 11 is 13.3. The van der Waals surface area contributed by atoms with E-state index in [2.05, 4.69) is 47.8 Å². The number of rotatable bonds is 0. The molecule has 13 rings (SSSR count). The average Bonchev–Trinajstić information content (AvgIpc) is 2.38. The molecule has 13 fully saturated rings. The summed E-state index contributed by atoms with van der Waals surface area (Å²) in [7, 11) is 0. The maximum Gasteiger partial charge on any atom is 0.0271 e. The Labute approximate surface area is 175 Å². The summed E-state index contributed by atoms with van der Waals surface area (Å²) < 4.78 is 1.53. The van der Waals surface area contributed by atoms with E-state index in [0.29, 0.717) is 13.0 Å². The summed E-state index contributed by atoms with van der Waals surface area (Å²) in [4.78, 5) is 0. The normalized spacial score (nSPS) is 85.3. The maximum absolute atomic E-state index is 4.42. The van der Waals surface area contributed by atoms with Gasteiger partial charge in [-0.1, -0.05) is 47.8 Å². The second kappa shape index (κ2) is 3.34. The third-order valence-electron chi connectivity index (χ3n) is 12.2. The van der Waals surface area contributed by atoms with Crippen molar-refractivity contribution < 1.29 is 0 Å². The lowest BCUT2D eigenvalue weighted by molar-refractivity contribution is -0.446. The van der Waals surface area contributed by atoms with Crippen molar-refractivity contribution in [3.05, 3.63) is 0 Å². The van der Waals surface area contributed by atoms with E-state index in [4.69, 9.17) is 0 Å². The summed E-state index contributed by atoms with van der Waals surface area (Å²) in [6.45, 7) is 0. The molecular formula is C22H25Br3. The van der Waals surface area contributed by atoms with Crippen molar-refractivity contribution >= 4 is 47.8 Å². The van der Waals surface area contributed by atoms with Crippen molar-refractivity contribution in [2.75, 3.05) is 0 Å². The lowest BCUT2D eigenvalue weighted by Gasteiger charge is -2.96. The topological polar surface area (TPSA) is 0 Å². The molecule has 13 saturated carbocycles. The second-order valence-corrected chi connectivity index (χ2v) is 17.9. The Hall–Kier alpha value is 1.44. The molecule has 3 heteroatoms. The number of alkyl halides is 3. The van der Waals surface area contributed by atoms with E-state index < -0.39 is 0 Å². The lowest BCUT2D eigenvalue weighted by Crippen LogP contribution is -2.92. The molecule has 0 N–H and O–H groups in total. The smallest absolute Gasteiger partial charge is 0.0271 e. The minimum Gasteiger partial charge on any atom is -0.0853 e. The van der Waals surface area contributed by atoms with Crippen LogP contribution in [0.1, 0.15) is 57.8 Å². The molecule has 0 aromatic rings. The molecule has 0 heterocycles. The highest BCUT2D eigenvalue weighted by molar-refractivity contribution is 9.10. The van der Waals surface area contributed by atoms with Gasteiger partial charge in [-0.25, -0.2) is 0 Å². The van der Waals surface area contributed by atoms with Crippen molar-refractivity contribution in [2.24, 2.45) is 57.7 Å². The Morgan fingerprint density at radius 3 is 1.04 bits per heavy atom. The van der Waals surface area contributed by atoms with E-state index in [1.165, 1.54) is 19.3 Å². The SMILES string of the molecule is BrC12CC3C4C5CC6(Br)CC4(C1)C1C4(C2)CC2(Br)CC(C34)C5C1(C6)C2. The van der Waals surface area contributed by atoms with E-state index in [1.807, 2.05) is 0 Å². The molecule has 13 aliphatic carbocycles. The summed E-state index contributed by atoms with van der Waals surface area (Å²) in [5.74, 6) is 7.76. The van der Waals surface area contributed by atoms with Crippen molar-refractivity contribution in [3.8, 4) is 0 Å². The van der Waals surface area contributed by atoms with Crippen LogP contribution in [0, 0.1) is 57.7 Å². The van der Waals surface area contributed by atoms with Crippen LogP contribution >= 0.6 is 47.8 Å². The molecular weight excluding hydrogens is 504 g/mol. The van der Waals surface area contributed by atoms with E-state index >= 15 is 0 Å². The number of halogens is 3. The van der Waals surface area contributed by atoms with Gasteiger partial charge in [0.2, 0.25) is 0 Å². The van der Waals surface area contributed by atoms with Crippen molar-refractivity contribution in [3.63, 3.8) is 0 Å². The van der Waals surface area contributed by atoms with Crippen LogP contribution in [0.2, 0.25) is 0 Å². The fraction of sp³-hybridized carbons (Fsp3) is 1.00. The van der Waals surface area contributed by atoms with E-state index in [9.17, 15) is 0 Å². The molecule has 0 aromatic heterocycles. The quantitative estimate of drug-likeness (QED) is 0.324. The maximum atomic E-state index is 4.42. The molecule has 0 aromatic carbocycles. The molecule has 0 atom stereocenters. The summed E-state index contributed by atoms with van der Waals surface area (Å²) in [6, 6.07) is 0. The Bertz CT molecular complexity index is 664. The van der Waals surface area contributed by atoms with Gasteiger partial charge in [0.1, 0.15) is 0 Å². The molecule has 25 heavy (non-hydrogen) atoms. The first-order valence-corrected chi connectivity index (χ1v) is 13.2. The highest BCUT2D eigenvalue weighted by atomic mass is 79.9. The van der Waals surface area contributed by atoms with Crippen LogP contribution in [0.5, 0.6) is 0 Å². The van der Waals surface area contributed by atoms with Gasteiger partial charge in [-0.2, -0.15) is 0 Å². The largest absolute Gasteiger partial charge is 0.0853 e. The van der Waals surface area contributed by atoms with Gasteiger partial charge in [-0.15, -0.1) is 0 Å². The van der Waals surface area contributed by atoms with Crippen LogP contribution < -0.4 is 0 Å². The van der Waals surface area contributed by atoms with Crippen molar-refractivity contribution in [2.45, 2.75) is 70.8 Å².